The third-order valence-electron chi connectivity index (χ3n) is 3.02. The Bertz CT molecular complexity index is 630. The van der Waals surface area contributed by atoms with Crippen LogP contribution >= 0.6 is 0 Å². The van der Waals surface area contributed by atoms with E-state index >= 15 is 0 Å². The number of carbonyl (C=O) groups excluding carboxylic acids is 1. The molecule has 0 bridgehead atoms. The van der Waals surface area contributed by atoms with E-state index in [4.69, 9.17) is 9.47 Å². The van der Waals surface area contributed by atoms with Crippen molar-refractivity contribution < 1.29 is 14.3 Å². The molecule has 1 N–H and O–H groups in total. The Kier molecular flexibility index (Phi) is 5.60. The number of benzene rings is 2. The number of methoxy groups -OCH3 is 1. The van der Waals surface area contributed by atoms with Gasteiger partial charge in [-0.05, 0) is 55.5 Å². The minimum absolute atomic E-state index is 0.0657. The molecule has 0 aliphatic rings. The molecule has 0 saturated carbocycles. The third-order valence-corrected chi connectivity index (χ3v) is 3.02. The highest BCUT2D eigenvalue weighted by atomic mass is 16.5. The Hall–Kier alpha value is -2.75. The summed E-state index contributed by atoms with van der Waals surface area (Å²) in [5.74, 6) is 1.49. The summed E-state index contributed by atoms with van der Waals surface area (Å²) in [6, 6.07) is 14.6. The maximum Gasteiger partial charge on any atom is 0.187 e. The van der Waals surface area contributed by atoms with Gasteiger partial charge >= 0.3 is 0 Å². The molecule has 22 heavy (non-hydrogen) atoms. The van der Waals surface area contributed by atoms with Gasteiger partial charge in [0.1, 0.15) is 11.5 Å². The van der Waals surface area contributed by atoms with Gasteiger partial charge in [0.2, 0.25) is 0 Å². The standard InChI is InChI=1S/C18H19NO3/c1-3-22-17-8-4-14(5-9-17)18(20)12-13-19-15-6-10-16(21-2)11-7-15/h4-13,19H,3H2,1-2H3/b13-12+. The number of rotatable bonds is 7. The van der Waals surface area contributed by atoms with Crippen molar-refractivity contribution in [3.05, 3.63) is 66.4 Å². The number of nitrogens with one attached hydrogen (secondary N) is 1. The third kappa shape index (κ3) is 4.38. The summed E-state index contributed by atoms with van der Waals surface area (Å²) in [4.78, 5) is 12.0. The van der Waals surface area contributed by atoms with Crippen LogP contribution in [0.1, 0.15) is 17.3 Å². The van der Waals surface area contributed by atoms with Gasteiger partial charge in [0.05, 0.1) is 13.7 Å². The zero-order chi connectivity index (χ0) is 15.8. The van der Waals surface area contributed by atoms with Crippen LogP contribution in [0, 0.1) is 0 Å². The smallest absolute Gasteiger partial charge is 0.187 e. The number of carbonyl (C=O) groups is 1. The molecule has 0 radical (unpaired) electrons. The molecule has 0 spiro atoms. The summed E-state index contributed by atoms with van der Waals surface area (Å²) in [6.45, 7) is 2.53. The largest absolute Gasteiger partial charge is 0.497 e. The molecule has 2 aromatic carbocycles. The Morgan fingerprint density at radius 3 is 2.27 bits per heavy atom. The van der Waals surface area contributed by atoms with Crippen molar-refractivity contribution in [1.29, 1.82) is 0 Å². The molecule has 0 aromatic heterocycles. The second-order valence-electron chi connectivity index (χ2n) is 4.53. The monoisotopic (exact) mass is 297 g/mol. The lowest BCUT2D eigenvalue weighted by Gasteiger charge is -2.04. The molecule has 0 unspecified atom stereocenters. The van der Waals surface area contributed by atoms with Crippen LogP contribution in [-0.4, -0.2) is 19.5 Å². The molecule has 2 aromatic rings. The summed E-state index contributed by atoms with van der Waals surface area (Å²) in [5.41, 5.74) is 1.51. The number of anilines is 1. The second kappa shape index (κ2) is 7.88. The molecule has 2 rings (SSSR count). The number of ketones is 1. The first kappa shape index (κ1) is 15.6. The molecular weight excluding hydrogens is 278 g/mol. The average Bonchev–Trinajstić information content (AvgIpc) is 2.56. The lowest BCUT2D eigenvalue weighted by atomic mass is 10.1. The van der Waals surface area contributed by atoms with Crippen LogP contribution in [0.4, 0.5) is 5.69 Å². The van der Waals surface area contributed by atoms with E-state index < -0.39 is 0 Å². The molecule has 0 fully saturated rings. The van der Waals surface area contributed by atoms with Crippen molar-refractivity contribution in [2.24, 2.45) is 0 Å². The van der Waals surface area contributed by atoms with E-state index in [1.807, 2.05) is 31.2 Å². The van der Waals surface area contributed by atoms with Crippen molar-refractivity contribution in [2.75, 3.05) is 19.0 Å². The Morgan fingerprint density at radius 1 is 1.05 bits per heavy atom. The van der Waals surface area contributed by atoms with Crippen molar-refractivity contribution in [1.82, 2.24) is 0 Å². The molecule has 0 aliphatic carbocycles. The lowest BCUT2D eigenvalue weighted by Crippen LogP contribution is -1.97. The first-order valence-corrected chi connectivity index (χ1v) is 7.07. The predicted octanol–water partition coefficient (Wildman–Crippen LogP) is 3.90. The first-order valence-electron chi connectivity index (χ1n) is 7.07. The lowest BCUT2D eigenvalue weighted by molar-refractivity contribution is 0.104. The molecular formula is C18H19NO3. The minimum atomic E-state index is -0.0657. The normalized spacial score (nSPS) is 10.5. The number of ether oxygens (including phenoxy) is 2. The summed E-state index contributed by atoms with van der Waals surface area (Å²) in [7, 11) is 1.62. The fourth-order valence-corrected chi connectivity index (χ4v) is 1.88. The molecule has 4 nitrogen and oxygen atoms in total. The number of hydrogen-bond acceptors (Lipinski definition) is 4. The van der Waals surface area contributed by atoms with E-state index in [2.05, 4.69) is 5.32 Å². The molecule has 114 valence electrons. The van der Waals surface area contributed by atoms with Crippen LogP contribution in [0.15, 0.2) is 60.8 Å². The molecule has 0 aliphatic heterocycles. The SMILES string of the molecule is CCOc1ccc(C(=O)/C=C/Nc2ccc(OC)cc2)cc1. The van der Waals surface area contributed by atoms with Gasteiger partial charge in [0.25, 0.3) is 0 Å². The molecule has 0 atom stereocenters. The van der Waals surface area contributed by atoms with Crippen molar-refractivity contribution in [3.63, 3.8) is 0 Å². The van der Waals surface area contributed by atoms with E-state index in [9.17, 15) is 4.79 Å². The Morgan fingerprint density at radius 2 is 1.68 bits per heavy atom. The fraction of sp³-hybridized carbons (Fsp3) is 0.167. The van der Waals surface area contributed by atoms with Crippen LogP contribution < -0.4 is 14.8 Å². The molecule has 0 amide bonds. The summed E-state index contributed by atoms with van der Waals surface area (Å²) in [6.07, 6.45) is 3.13. The first-order chi connectivity index (χ1) is 10.7. The van der Waals surface area contributed by atoms with Crippen LogP contribution in [0.3, 0.4) is 0 Å². The highest BCUT2D eigenvalue weighted by Crippen LogP contribution is 2.15. The second-order valence-corrected chi connectivity index (χ2v) is 4.53. The highest BCUT2D eigenvalue weighted by Gasteiger charge is 2.01. The average molecular weight is 297 g/mol. The zero-order valence-electron chi connectivity index (χ0n) is 12.7. The van der Waals surface area contributed by atoms with Crippen LogP contribution in [0.5, 0.6) is 11.5 Å². The van der Waals surface area contributed by atoms with Gasteiger partial charge in [-0.25, -0.2) is 0 Å². The Labute approximate surface area is 130 Å². The van der Waals surface area contributed by atoms with Crippen LogP contribution in [-0.2, 0) is 0 Å². The van der Waals surface area contributed by atoms with E-state index in [1.165, 1.54) is 6.08 Å². The maximum atomic E-state index is 12.0. The van der Waals surface area contributed by atoms with Crippen LogP contribution in [0.25, 0.3) is 0 Å². The van der Waals surface area contributed by atoms with Crippen molar-refractivity contribution in [2.45, 2.75) is 6.92 Å². The van der Waals surface area contributed by atoms with Gasteiger partial charge in [-0.3, -0.25) is 4.79 Å². The highest BCUT2D eigenvalue weighted by molar-refractivity contribution is 6.04. The predicted molar refractivity (Wildman–Crippen MR) is 87.7 cm³/mol. The van der Waals surface area contributed by atoms with E-state index in [0.717, 1.165) is 17.2 Å². The fourth-order valence-electron chi connectivity index (χ4n) is 1.88. The number of allylic oxidation sites excluding steroid dienone is 1. The summed E-state index contributed by atoms with van der Waals surface area (Å²) < 4.78 is 10.4. The molecule has 4 heteroatoms. The van der Waals surface area contributed by atoms with Crippen molar-refractivity contribution >= 4 is 11.5 Å². The van der Waals surface area contributed by atoms with Crippen molar-refractivity contribution in [3.8, 4) is 11.5 Å². The van der Waals surface area contributed by atoms with Crippen LogP contribution in [0.2, 0.25) is 0 Å². The minimum Gasteiger partial charge on any atom is -0.497 e. The molecule has 0 saturated heterocycles. The number of hydrogen-bond donors (Lipinski definition) is 1. The summed E-state index contributed by atoms with van der Waals surface area (Å²) in [5, 5.41) is 3.05. The Balaban J connectivity index is 1.92. The van der Waals surface area contributed by atoms with Gasteiger partial charge in [-0.2, -0.15) is 0 Å². The zero-order valence-corrected chi connectivity index (χ0v) is 12.7. The van der Waals surface area contributed by atoms with Gasteiger partial charge in [0.15, 0.2) is 5.78 Å². The quantitative estimate of drug-likeness (QED) is 0.622. The van der Waals surface area contributed by atoms with E-state index in [0.29, 0.717) is 12.2 Å². The maximum absolute atomic E-state index is 12.0. The molecule has 0 heterocycles. The van der Waals surface area contributed by atoms with E-state index in [1.54, 1.807) is 37.6 Å². The van der Waals surface area contributed by atoms with Gasteiger partial charge in [-0.1, -0.05) is 0 Å². The summed E-state index contributed by atoms with van der Waals surface area (Å²) >= 11 is 0. The van der Waals surface area contributed by atoms with Gasteiger partial charge < -0.3 is 14.8 Å². The van der Waals surface area contributed by atoms with E-state index in [-0.39, 0.29) is 5.78 Å². The topological polar surface area (TPSA) is 47.6 Å². The van der Waals surface area contributed by atoms with Gasteiger partial charge in [-0.15, -0.1) is 0 Å². The van der Waals surface area contributed by atoms with Gasteiger partial charge in [0, 0.05) is 23.5 Å².